The van der Waals surface area contributed by atoms with Crippen LogP contribution in [0.3, 0.4) is 0 Å². The second-order valence-electron chi connectivity index (χ2n) is 6.93. The number of carbonyl (C=O) groups is 2. The van der Waals surface area contributed by atoms with Crippen LogP contribution in [-0.2, 0) is 10.5 Å². The molecule has 0 bridgehead atoms. The van der Waals surface area contributed by atoms with E-state index >= 15 is 0 Å². The predicted octanol–water partition coefficient (Wildman–Crippen LogP) is 3.08. The number of halogens is 1. The lowest BCUT2D eigenvalue weighted by Crippen LogP contribution is -2.47. The molecule has 0 unspecified atom stereocenters. The third kappa shape index (κ3) is 5.13. The Labute approximate surface area is 167 Å². The van der Waals surface area contributed by atoms with Gasteiger partial charge in [0, 0.05) is 36.0 Å². The number of hydrogen-bond acceptors (Lipinski definition) is 5. The van der Waals surface area contributed by atoms with E-state index in [1.165, 1.54) is 24.3 Å². The Morgan fingerprint density at radius 1 is 1.25 bits per heavy atom. The Kier molecular flexibility index (Phi) is 6.72. The molecule has 2 heterocycles. The highest BCUT2D eigenvalue weighted by molar-refractivity contribution is 7.99. The van der Waals surface area contributed by atoms with Crippen LogP contribution in [0.15, 0.2) is 28.8 Å². The number of rotatable bonds is 6. The van der Waals surface area contributed by atoms with E-state index in [0.717, 1.165) is 17.0 Å². The molecule has 28 heavy (non-hydrogen) atoms. The number of aromatic nitrogens is 1. The number of likely N-dealkylation sites (tertiary alicyclic amines) is 1. The van der Waals surface area contributed by atoms with Crippen molar-refractivity contribution < 1.29 is 18.5 Å². The van der Waals surface area contributed by atoms with Gasteiger partial charge in [-0.25, -0.2) is 4.39 Å². The number of nitrogens with one attached hydrogen (secondary N) is 1. The number of piperidine rings is 1. The number of amides is 2. The van der Waals surface area contributed by atoms with Crippen LogP contribution < -0.4 is 5.32 Å². The lowest BCUT2D eigenvalue weighted by Gasteiger charge is -2.32. The SMILES string of the molecule is Cc1noc(C)c1CSCC(=O)N1CCC(NC(=O)c2ccc(F)cc2)CC1. The number of benzene rings is 1. The Morgan fingerprint density at radius 3 is 2.54 bits per heavy atom. The zero-order chi connectivity index (χ0) is 20.1. The van der Waals surface area contributed by atoms with Crippen LogP contribution >= 0.6 is 11.8 Å². The molecular weight excluding hydrogens is 381 g/mol. The molecule has 8 heteroatoms. The molecule has 1 aliphatic rings. The largest absolute Gasteiger partial charge is 0.361 e. The highest BCUT2D eigenvalue weighted by Gasteiger charge is 2.24. The molecule has 0 saturated carbocycles. The van der Waals surface area contributed by atoms with Crippen molar-refractivity contribution in [3.63, 3.8) is 0 Å². The predicted molar refractivity (Wildman–Crippen MR) is 106 cm³/mol. The minimum absolute atomic E-state index is 0.0246. The lowest BCUT2D eigenvalue weighted by molar-refractivity contribution is -0.129. The number of hydrogen-bond donors (Lipinski definition) is 1. The second-order valence-corrected chi connectivity index (χ2v) is 7.92. The summed E-state index contributed by atoms with van der Waals surface area (Å²) in [4.78, 5) is 26.5. The van der Waals surface area contributed by atoms with Gasteiger partial charge in [0.05, 0.1) is 11.4 Å². The molecule has 1 aromatic carbocycles. The maximum absolute atomic E-state index is 13.0. The van der Waals surface area contributed by atoms with E-state index in [9.17, 15) is 14.0 Å². The minimum atomic E-state index is -0.365. The van der Waals surface area contributed by atoms with Gasteiger partial charge in [0.1, 0.15) is 11.6 Å². The fraction of sp³-hybridized carbons (Fsp3) is 0.450. The molecule has 6 nitrogen and oxygen atoms in total. The summed E-state index contributed by atoms with van der Waals surface area (Å²) in [6.07, 6.45) is 1.43. The molecule has 0 spiro atoms. The Morgan fingerprint density at radius 2 is 1.93 bits per heavy atom. The minimum Gasteiger partial charge on any atom is -0.361 e. The quantitative estimate of drug-likeness (QED) is 0.799. The van der Waals surface area contributed by atoms with E-state index in [0.29, 0.717) is 43.0 Å². The van der Waals surface area contributed by atoms with Crippen molar-refractivity contribution in [3.05, 3.63) is 52.7 Å². The third-order valence-electron chi connectivity index (χ3n) is 4.94. The fourth-order valence-corrected chi connectivity index (χ4v) is 4.26. The number of thioether (sulfide) groups is 1. The van der Waals surface area contributed by atoms with Gasteiger partial charge in [-0.2, -0.15) is 0 Å². The Bertz CT molecular complexity index is 810. The second kappa shape index (κ2) is 9.23. The van der Waals surface area contributed by atoms with Gasteiger partial charge in [-0.15, -0.1) is 11.8 Å². The monoisotopic (exact) mass is 405 g/mol. The summed E-state index contributed by atoms with van der Waals surface area (Å²) in [7, 11) is 0. The molecule has 1 saturated heterocycles. The molecule has 1 aromatic heterocycles. The first kappa shape index (κ1) is 20.4. The summed E-state index contributed by atoms with van der Waals surface area (Å²) in [5.41, 5.74) is 2.37. The summed E-state index contributed by atoms with van der Waals surface area (Å²) in [6.45, 7) is 5.03. The molecule has 0 radical (unpaired) electrons. The number of nitrogens with zero attached hydrogens (tertiary/aromatic N) is 2. The van der Waals surface area contributed by atoms with Gasteiger partial charge in [-0.05, 0) is 51.0 Å². The van der Waals surface area contributed by atoms with Crippen molar-refractivity contribution in [1.29, 1.82) is 0 Å². The summed E-state index contributed by atoms with van der Waals surface area (Å²) in [6, 6.07) is 5.52. The van der Waals surface area contributed by atoms with Crippen LogP contribution in [-0.4, -0.2) is 46.8 Å². The normalized spacial score (nSPS) is 14.9. The summed E-state index contributed by atoms with van der Waals surface area (Å²) in [5.74, 6) is 1.46. The molecule has 0 aliphatic carbocycles. The Hall–Kier alpha value is -2.35. The van der Waals surface area contributed by atoms with Crippen molar-refractivity contribution >= 4 is 23.6 Å². The summed E-state index contributed by atoms with van der Waals surface area (Å²) >= 11 is 1.56. The first-order valence-corrected chi connectivity index (χ1v) is 10.4. The maximum atomic E-state index is 13.0. The van der Waals surface area contributed by atoms with Crippen molar-refractivity contribution in [2.45, 2.75) is 38.5 Å². The molecule has 150 valence electrons. The van der Waals surface area contributed by atoms with Crippen LogP contribution in [0.1, 0.15) is 40.2 Å². The molecule has 3 rings (SSSR count). The molecule has 1 aliphatic heterocycles. The van der Waals surface area contributed by atoms with E-state index in [1.54, 1.807) is 11.8 Å². The van der Waals surface area contributed by atoms with Crippen molar-refractivity contribution in [1.82, 2.24) is 15.4 Å². The van der Waals surface area contributed by atoms with Crippen LogP contribution in [0.5, 0.6) is 0 Å². The van der Waals surface area contributed by atoms with Crippen LogP contribution in [0.25, 0.3) is 0 Å². The highest BCUT2D eigenvalue weighted by atomic mass is 32.2. The smallest absolute Gasteiger partial charge is 0.251 e. The van der Waals surface area contributed by atoms with E-state index in [2.05, 4.69) is 10.5 Å². The highest BCUT2D eigenvalue weighted by Crippen LogP contribution is 2.20. The lowest BCUT2D eigenvalue weighted by atomic mass is 10.0. The Balaban J connectivity index is 1.40. The first-order chi connectivity index (χ1) is 13.4. The molecule has 2 amide bonds. The molecular formula is C20H24FN3O3S. The van der Waals surface area contributed by atoms with Gasteiger partial charge in [0.2, 0.25) is 5.91 Å². The van der Waals surface area contributed by atoms with Crippen LogP contribution in [0.4, 0.5) is 4.39 Å². The zero-order valence-corrected chi connectivity index (χ0v) is 16.9. The van der Waals surface area contributed by atoms with E-state index in [1.807, 2.05) is 18.7 Å². The number of carbonyl (C=O) groups excluding carboxylic acids is 2. The standard InChI is InChI=1S/C20H24FN3O3S/c1-13-18(14(2)27-23-13)11-28-12-19(25)24-9-7-17(8-10-24)22-20(26)15-3-5-16(21)6-4-15/h3-6,17H,7-12H2,1-2H3,(H,22,26). The molecule has 1 N–H and O–H groups in total. The molecule has 2 aromatic rings. The molecule has 1 fully saturated rings. The maximum Gasteiger partial charge on any atom is 0.251 e. The number of aryl methyl sites for hydroxylation is 2. The van der Waals surface area contributed by atoms with Crippen molar-refractivity contribution in [2.75, 3.05) is 18.8 Å². The van der Waals surface area contributed by atoms with Gasteiger partial charge in [-0.1, -0.05) is 5.16 Å². The van der Waals surface area contributed by atoms with Gasteiger partial charge in [0.15, 0.2) is 0 Å². The van der Waals surface area contributed by atoms with Crippen molar-refractivity contribution in [2.24, 2.45) is 0 Å². The first-order valence-electron chi connectivity index (χ1n) is 9.27. The van der Waals surface area contributed by atoms with E-state index < -0.39 is 0 Å². The van der Waals surface area contributed by atoms with Gasteiger partial charge < -0.3 is 14.7 Å². The third-order valence-corrected chi connectivity index (χ3v) is 5.89. The summed E-state index contributed by atoms with van der Waals surface area (Å²) < 4.78 is 18.1. The topological polar surface area (TPSA) is 75.4 Å². The van der Waals surface area contributed by atoms with Gasteiger partial charge >= 0.3 is 0 Å². The zero-order valence-electron chi connectivity index (χ0n) is 16.0. The van der Waals surface area contributed by atoms with Crippen LogP contribution in [0.2, 0.25) is 0 Å². The summed E-state index contributed by atoms with van der Waals surface area (Å²) in [5, 5.41) is 6.89. The van der Waals surface area contributed by atoms with Crippen molar-refractivity contribution in [3.8, 4) is 0 Å². The van der Waals surface area contributed by atoms with E-state index in [-0.39, 0.29) is 23.7 Å². The van der Waals surface area contributed by atoms with E-state index in [4.69, 9.17) is 4.52 Å². The average molecular weight is 405 g/mol. The average Bonchev–Trinajstić information content (AvgIpc) is 3.01. The molecule has 0 atom stereocenters. The van der Waals surface area contributed by atoms with Gasteiger partial charge in [-0.3, -0.25) is 9.59 Å². The fourth-order valence-electron chi connectivity index (χ4n) is 3.18. The van der Waals surface area contributed by atoms with Gasteiger partial charge in [0.25, 0.3) is 5.91 Å². The van der Waals surface area contributed by atoms with Crippen LogP contribution in [0, 0.1) is 19.7 Å².